The topological polar surface area (TPSA) is 26.0 Å². The van der Waals surface area contributed by atoms with Crippen molar-refractivity contribution in [3.63, 3.8) is 0 Å². The Labute approximate surface area is 44.9 Å². The van der Waals surface area contributed by atoms with Crippen LogP contribution in [0.15, 0.2) is 0 Å². The van der Waals surface area contributed by atoms with Gasteiger partial charge in [0, 0.05) is 0 Å². The Morgan fingerprint density at radius 3 is 2.29 bits per heavy atom. The fraction of sp³-hybridized carbons (Fsp3) is 1.00. The van der Waals surface area contributed by atoms with Crippen LogP contribution in [0, 0.1) is 11.8 Å². The predicted octanol–water partition coefficient (Wildman–Crippen LogP) is 0.991. The minimum Gasteiger partial charge on any atom is -0.330 e. The van der Waals surface area contributed by atoms with Gasteiger partial charge in [-0.1, -0.05) is 13.3 Å². The highest BCUT2D eigenvalue weighted by molar-refractivity contribution is 4.77. The standard InChI is InChI=1S/C6H13N/c1-5-2-3-6(5)4-7/h5-6H,2-4,7H2,1H3/t5-,6-/m1/s1. The van der Waals surface area contributed by atoms with E-state index >= 15 is 0 Å². The first-order chi connectivity index (χ1) is 3.34. The van der Waals surface area contributed by atoms with Gasteiger partial charge in [0.15, 0.2) is 0 Å². The molecule has 0 heterocycles. The molecular formula is C6H13N. The highest BCUT2D eigenvalue weighted by Crippen LogP contribution is 2.31. The van der Waals surface area contributed by atoms with Crippen molar-refractivity contribution >= 4 is 0 Å². The fourth-order valence-electron chi connectivity index (χ4n) is 1.09. The van der Waals surface area contributed by atoms with Crippen LogP contribution in [-0.4, -0.2) is 6.54 Å². The van der Waals surface area contributed by atoms with Gasteiger partial charge in [0.2, 0.25) is 0 Å². The van der Waals surface area contributed by atoms with Crippen molar-refractivity contribution in [1.29, 1.82) is 0 Å². The van der Waals surface area contributed by atoms with Gasteiger partial charge in [-0.15, -0.1) is 0 Å². The van der Waals surface area contributed by atoms with Gasteiger partial charge in [0.25, 0.3) is 0 Å². The molecule has 1 nitrogen and oxygen atoms in total. The number of nitrogens with two attached hydrogens (primary N) is 1. The summed E-state index contributed by atoms with van der Waals surface area (Å²) in [6.45, 7) is 3.18. The van der Waals surface area contributed by atoms with Crippen molar-refractivity contribution in [3.05, 3.63) is 0 Å². The van der Waals surface area contributed by atoms with E-state index in [2.05, 4.69) is 6.92 Å². The highest BCUT2D eigenvalue weighted by atomic mass is 14.6. The molecule has 42 valence electrons. The van der Waals surface area contributed by atoms with Crippen LogP contribution in [0.5, 0.6) is 0 Å². The molecule has 1 saturated carbocycles. The first-order valence-corrected chi connectivity index (χ1v) is 3.04. The van der Waals surface area contributed by atoms with Crippen molar-refractivity contribution in [3.8, 4) is 0 Å². The van der Waals surface area contributed by atoms with Crippen molar-refractivity contribution in [2.24, 2.45) is 17.6 Å². The monoisotopic (exact) mass is 99.1 g/mol. The summed E-state index contributed by atoms with van der Waals surface area (Å²) < 4.78 is 0. The van der Waals surface area contributed by atoms with E-state index in [-0.39, 0.29) is 0 Å². The molecule has 1 fully saturated rings. The molecule has 2 N–H and O–H groups in total. The second-order valence-corrected chi connectivity index (χ2v) is 2.55. The normalized spacial score (nSPS) is 40.3. The molecule has 0 saturated heterocycles. The predicted molar refractivity (Wildman–Crippen MR) is 30.9 cm³/mol. The molecule has 2 atom stereocenters. The second-order valence-electron chi connectivity index (χ2n) is 2.55. The van der Waals surface area contributed by atoms with E-state index in [0.717, 1.165) is 18.4 Å². The van der Waals surface area contributed by atoms with Crippen molar-refractivity contribution in [2.75, 3.05) is 6.54 Å². The van der Waals surface area contributed by atoms with E-state index in [9.17, 15) is 0 Å². The third-order valence-corrected chi connectivity index (χ3v) is 2.10. The minimum atomic E-state index is 0.861. The van der Waals surface area contributed by atoms with Crippen molar-refractivity contribution < 1.29 is 0 Å². The zero-order valence-corrected chi connectivity index (χ0v) is 4.85. The van der Waals surface area contributed by atoms with Crippen LogP contribution in [0.25, 0.3) is 0 Å². The summed E-state index contributed by atoms with van der Waals surface area (Å²) in [5, 5.41) is 0. The Morgan fingerprint density at radius 1 is 1.57 bits per heavy atom. The van der Waals surface area contributed by atoms with Crippen LogP contribution in [0.4, 0.5) is 0 Å². The van der Waals surface area contributed by atoms with Crippen molar-refractivity contribution in [2.45, 2.75) is 19.8 Å². The molecule has 0 bridgehead atoms. The molecule has 1 aliphatic rings. The van der Waals surface area contributed by atoms with Crippen LogP contribution >= 0.6 is 0 Å². The van der Waals surface area contributed by atoms with Gasteiger partial charge in [0.1, 0.15) is 0 Å². The molecular weight excluding hydrogens is 86.1 g/mol. The van der Waals surface area contributed by atoms with Crippen LogP contribution in [0.2, 0.25) is 0 Å². The lowest BCUT2D eigenvalue weighted by atomic mass is 9.75. The van der Waals surface area contributed by atoms with Gasteiger partial charge in [-0.25, -0.2) is 0 Å². The van der Waals surface area contributed by atoms with E-state index in [1.807, 2.05) is 0 Å². The molecule has 0 aromatic rings. The van der Waals surface area contributed by atoms with Crippen LogP contribution in [-0.2, 0) is 0 Å². The Balaban J connectivity index is 2.16. The van der Waals surface area contributed by atoms with Crippen LogP contribution in [0.3, 0.4) is 0 Å². The summed E-state index contributed by atoms with van der Waals surface area (Å²) in [6.07, 6.45) is 2.78. The quantitative estimate of drug-likeness (QED) is 0.521. The summed E-state index contributed by atoms with van der Waals surface area (Å²) in [6, 6.07) is 0. The minimum absolute atomic E-state index is 0.861. The largest absolute Gasteiger partial charge is 0.330 e. The highest BCUT2D eigenvalue weighted by Gasteiger charge is 2.24. The Kier molecular flexibility index (Phi) is 1.33. The molecule has 0 spiro atoms. The molecule has 0 unspecified atom stereocenters. The maximum Gasteiger partial charge on any atom is -0.00463 e. The molecule has 0 aliphatic heterocycles. The summed E-state index contributed by atoms with van der Waals surface area (Å²) >= 11 is 0. The van der Waals surface area contributed by atoms with E-state index in [1.165, 1.54) is 12.8 Å². The Morgan fingerprint density at radius 2 is 2.29 bits per heavy atom. The lowest BCUT2D eigenvalue weighted by Gasteiger charge is -2.32. The SMILES string of the molecule is C[C@@H]1CC[C@@H]1CN. The number of rotatable bonds is 1. The molecule has 0 aromatic heterocycles. The number of hydrogen-bond acceptors (Lipinski definition) is 1. The first-order valence-electron chi connectivity index (χ1n) is 3.04. The van der Waals surface area contributed by atoms with E-state index in [0.29, 0.717) is 0 Å². The molecule has 1 aliphatic carbocycles. The molecule has 0 aromatic carbocycles. The molecule has 7 heavy (non-hydrogen) atoms. The van der Waals surface area contributed by atoms with E-state index in [1.54, 1.807) is 0 Å². The zero-order valence-electron chi connectivity index (χ0n) is 4.85. The van der Waals surface area contributed by atoms with Gasteiger partial charge < -0.3 is 5.73 Å². The van der Waals surface area contributed by atoms with Gasteiger partial charge >= 0.3 is 0 Å². The van der Waals surface area contributed by atoms with Gasteiger partial charge in [-0.3, -0.25) is 0 Å². The van der Waals surface area contributed by atoms with E-state index in [4.69, 9.17) is 5.73 Å². The smallest absolute Gasteiger partial charge is 0.00463 e. The third kappa shape index (κ3) is 0.778. The maximum atomic E-state index is 5.42. The zero-order chi connectivity index (χ0) is 5.28. The Hall–Kier alpha value is -0.0400. The molecule has 0 radical (unpaired) electrons. The van der Waals surface area contributed by atoms with Crippen LogP contribution < -0.4 is 5.73 Å². The van der Waals surface area contributed by atoms with Gasteiger partial charge in [0.05, 0.1) is 0 Å². The first kappa shape index (κ1) is 5.10. The summed E-state index contributed by atoms with van der Waals surface area (Å²) in [4.78, 5) is 0. The molecule has 1 rings (SSSR count). The molecule has 1 heteroatoms. The average molecular weight is 99.2 g/mol. The lowest BCUT2D eigenvalue weighted by Crippen LogP contribution is -2.29. The number of hydrogen-bond donors (Lipinski definition) is 1. The van der Waals surface area contributed by atoms with Gasteiger partial charge in [-0.2, -0.15) is 0 Å². The summed E-state index contributed by atoms with van der Waals surface area (Å²) in [7, 11) is 0. The van der Waals surface area contributed by atoms with Gasteiger partial charge in [-0.05, 0) is 24.8 Å². The lowest BCUT2D eigenvalue weighted by molar-refractivity contribution is 0.205. The Bertz CT molecular complexity index is 59.2. The summed E-state index contributed by atoms with van der Waals surface area (Å²) in [5.74, 6) is 1.78. The average Bonchev–Trinajstić information content (AvgIpc) is 1.65. The van der Waals surface area contributed by atoms with Crippen molar-refractivity contribution in [1.82, 2.24) is 0 Å². The third-order valence-electron chi connectivity index (χ3n) is 2.10. The fourth-order valence-corrected chi connectivity index (χ4v) is 1.09. The molecule has 0 amide bonds. The maximum absolute atomic E-state index is 5.42. The second kappa shape index (κ2) is 1.83. The van der Waals surface area contributed by atoms with E-state index < -0.39 is 0 Å². The summed E-state index contributed by atoms with van der Waals surface area (Å²) in [5.41, 5.74) is 5.42. The van der Waals surface area contributed by atoms with Crippen LogP contribution in [0.1, 0.15) is 19.8 Å².